The van der Waals surface area contributed by atoms with Gasteiger partial charge in [0, 0.05) is 55.3 Å². The van der Waals surface area contributed by atoms with Gasteiger partial charge in [-0.3, -0.25) is 9.59 Å². The first-order valence-electron chi connectivity index (χ1n) is 9.91. The van der Waals surface area contributed by atoms with Crippen molar-refractivity contribution in [3.8, 4) is 0 Å². The number of hydrogen-bond acceptors (Lipinski definition) is 5. The van der Waals surface area contributed by atoms with E-state index in [1.165, 1.54) is 6.08 Å². The number of benzene rings is 1. The van der Waals surface area contributed by atoms with E-state index in [0.29, 0.717) is 26.1 Å². The molecule has 7 heteroatoms. The van der Waals surface area contributed by atoms with Crippen molar-refractivity contribution in [3.63, 3.8) is 0 Å². The highest BCUT2D eigenvalue weighted by atomic mass is 16.3. The van der Waals surface area contributed by atoms with Crippen molar-refractivity contribution < 1.29 is 14.0 Å². The summed E-state index contributed by atoms with van der Waals surface area (Å²) in [6, 6.07) is 9.78. The Kier molecular flexibility index (Phi) is 5.52. The molecule has 1 aromatic carbocycles. The monoisotopic (exact) mass is 404 g/mol. The maximum atomic E-state index is 12.6. The lowest BCUT2D eigenvalue weighted by Crippen LogP contribution is -2.28. The van der Waals surface area contributed by atoms with Crippen LogP contribution in [0.2, 0.25) is 0 Å². The number of nitrogens with one attached hydrogen (secondary N) is 2. The van der Waals surface area contributed by atoms with E-state index >= 15 is 0 Å². The van der Waals surface area contributed by atoms with Gasteiger partial charge < -0.3 is 20.0 Å². The molecule has 0 unspecified atom stereocenters. The van der Waals surface area contributed by atoms with Crippen LogP contribution in [0.25, 0.3) is 17.0 Å². The summed E-state index contributed by atoms with van der Waals surface area (Å²) in [6.07, 6.45) is 5.39. The van der Waals surface area contributed by atoms with Gasteiger partial charge in [-0.05, 0) is 30.7 Å². The minimum absolute atomic E-state index is 0.00628. The highest BCUT2D eigenvalue weighted by molar-refractivity contribution is 5.91. The molecule has 30 heavy (non-hydrogen) atoms. The van der Waals surface area contributed by atoms with E-state index in [0.717, 1.165) is 39.2 Å². The summed E-state index contributed by atoms with van der Waals surface area (Å²) in [5.41, 5.74) is 3.57. The second-order valence-electron chi connectivity index (χ2n) is 7.40. The van der Waals surface area contributed by atoms with Crippen LogP contribution in [0.15, 0.2) is 47.0 Å². The number of anilines is 1. The van der Waals surface area contributed by atoms with E-state index in [1.54, 1.807) is 24.2 Å². The molecule has 2 N–H and O–H groups in total. The number of likely N-dealkylation sites (N-methyl/N-ethyl adjacent to an activating group) is 1. The highest BCUT2D eigenvalue weighted by Crippen LogP contribution is 2.25. The molecule has 1 aliphatic heterocycles. The lowest BCUT2D eigenvalue weighted by Gasteiger charge is -2.16. The van der Waals surface area contributed by atoms with Crippen LogP contribution in [0, 0.1) is 6.92 Å². The van der Waals surface area contributed by atoms with Crippen LogP contribution in [-0.2, 0) is 22.7 Å². The van der Waals surface area contributed by atoms with Gasteiger partial charge in [-0.1, -0.05) is 18.2 Å². The van der Waals surface area contributed by atoms with Crippen molar-refractivity contribution >= 4 is 34.7 Å². The zero-order chi connectivity index (χ0) is 21.1. The van der Waals surface area contributed by atoms with Crippen molar-refractivity contribution in [3.05, 3.63) is 65.1 Å². The summed E-state index contributed by atoms with van der Waals surface area (Å²) in [6.45, 7) is 3.36. The number of carbonyl (C=O) groups excluding carboxylic acids is 2. The lowest BCUT2D eigenvalue weighted by atomic mass is 10.1. The smallest absolute Gasteiger partial charge is 0.246 e. The Morgan fingerprint density at radius 2 is 2.13 bits per heavy atom. The molecule has 0 radical (unpaired) electrons. The van der Waals surface area contributed by atoms with Gasteiger partial charge in [0.05, 0.1) is 6.54 Å². The molecule has 0 spiro atoms. The minimum atomic E-state index is -0.131. The van der Waals surface area contributed by atoms with Crippen LogP contribution in [-0.4, -0.2) is 35.3 Å². The van der Waals surface area contributed by atoms with Gasteiger partial charge in [0.15, 0.2) is 0 Å². The summed E-state index contributed by atoms with van der Waals surface area (Å²) < 4.78 is 5.91. The Morgan fingerprint density at radius 3 is 2.97 bits per heavy atom. The van der Waals surface area contributed by atoms with Gasteiger partial charge in [0.2, 0.25) is 11.8 Å². The van der Waals surface area contributed by atoms with Crippen LogP contribution in [0.4, 0.5) is 5.82 Å². The number of nitrogens with zero attached hydrogens (tertiary/aromatic N) is 2. The molecule has 2 amide bonds. The first kappa shape index (κ1) is 19.7. The predicted molar refractivity (Wildman–Crippen MR) is 116 cm³/mol. The Hall–Kier alpha value is -3.61. The summed E-state index contributed by atoms with van der Waals surface area (Å²) in [5, 5.41) is 7.10. The number of furan rings is 1. The van der Waals surface area contributed by atoms with E-state index in [2.05, 4.69) is 15.6 Å². The molecule has 3 aromatic rings. The number of carbonyl (C=O) groups is 2. The molecule has 3 heterocycles. The van der Waals surface area contributed by atoms with E-state index in [1.807, 2.05) is 37.3 Å². The largest absolute Gasteiger partial charge is 0.459 e. The molecular weight excluding hydrogens is 380 g/mol. The van der Waals surface area contributed by atoms with Crippen molar-refractivity contribution in [2.75, 3.05) is 18.9 Å². The Labute approximate surface area is 174 Å². The van der Waals surface area contributed by atoms with Crippen molar-refractivity contribution in [2.45, 2.75) is 26.4 Å². The first-order chi connectivity index (χ1) is 14.5. The van der Waals surface area contributed by atoms with Gasteiger partial charge in [-0.25, -0.2) is 4.98 Å². The predicted octanol–water partition coefficient (Wildman–Crippen LogP) is 3.24. The SMILES string of the molecule is Cc1c(CN(C)C(=O)/C=C/c2cnc3c(c2)CNC(=O)CCN3)oc2ccccc12. The van der Waals surface area contributed by atoms with Gasteiger partial charge in [-0.2, -0.15) is 0 Å². The standard InChI is InChI=1S/C23H24N4O3/c1-15-18-5-3-4-6-19(18)30-20(15)14-27(2)22(29)8-7-16-11-17-13-25-21(28)9-10-24-23(17)26-12-16/h3-8,11-12H,9-10,13-14H2,1-2H3,(H,24,26)(H,25,28)/b8-7+. The van der Waals surface area contributed by atoms with E-state index in [4.69, 9.17) is 4.42 Å². The van der Waals surface area contributed by atoms with Crippen LogP contribution in [0.5, 0.6) is 0 Å². The number of aryl methyl sites for hydroxylation is 1. The molecule has 1 aliphatic rings. The Morgan fingerprint density at radius 1 is 1.30 bits per heavy atom. The molecule has 2 aromatic heterocycles. The number of pyridine rings is 1. The van der Waals surface area contributed by atoms with E-state index in [-0.39, 0.29) is 11.8 Å². The number of rotatable bonds is 4. The molecule has 0 atom stereocenters. The normalized spacial score (nSPS) is 14.0. The third-order valence-corrected chi connectivity index (χ3v) is 5.23. The fourth-order valence-corrected chi connectivity index (χ4v) is 3.45. The maximum Gasteiger partial charge on any atom is 0.246 e. The number of hydrogen-bond donors (Lipinski definition) is 2. The van der Waals surface area contributed by atoms with Gasteiger partial charge in [0.1, 0.15) is 17.2 Å². The van der Waals surface area contributed by atoms with Crippen LogP contribution in [0.1, 0.15) is 28.9 Å². The summed E-state index contributed by atoms with van der Waals surface area (Å²) in [7, 11) is 1.75. The fraction of sp³-hybridized carbons (Fsp3) is 0.261. The molecule has 0 bridgehead atoms. The zero-order valence-electron chi connectivity index (χ0n) is 17.1. The molecular formula is C23H24N4O3. The first-order valence-corrected chi connectivity index (χ1v) is 9.91. The quantitative estimate of drug-likeness (QED) is 0.652. The molecule has 4 rings (SSSR count). The molecule has 7 nitrogen and oxygen atoms in total. The van der Waals surface area contributed by atoms with Crippen molar-refractivity contribution in [1.29, 1.82) is 0 Å². The molecule has 0 saturated carbocycles. The van der Waals surface area contributed by atoms with Crippen molar-refractivity contribution in [1.82, 2.24) is 15.2 Å². The van der Waals surface area contributed by atoms with Gasteiger partial charge >= 0.3 is 0 Å². The molecule has 0 saturated heterocycles. The van der Waals surface area contributed by atoms with E-state index < -0.39 is 0 Å². The van der Waals surface area contributed by atoms with Crippen LogP contribution >= 0.6 is 0 Å². The lowest BCUT2D eigenvalue weighted by molar-refractivity contribution is -0.125. The Balaban J connectivity index is 1.45. The number of para-hydroxylation sites is 1. The maximum absolute atomic E-state index is 12.6. The minimum Gasteiger partial charge on any atom is -0.459 e. The summed E-state index contributed by atoms with van der Waals surface area (Å²) >= 11 is 0. The van der Waals surface area contributed by atoms with Crippen molar-refractivity contribution in [2.24, 2.45) is 0 Å². The topological polar surface area (TPSA) is 87.5 Å². The summed E-state index contributed by atoms with van der Waals surface area (Å²) in [5.74, 6) is 1.42. The number of fused-ring (bicyclic) bond motifs is 2. The van der Waals surface area contributed by atoms with E-state index in [9.17, 15) is 9.59 Å². The zero-order valence-corrected chi connectivity index (χ0v) is 17.1. The van der Waals surface area contributed by atoms with Gasteiger partial charge in [-0.15, -0.1) is 0 Å². The highest BCUT2D eigenvalue weighted by Gasteiger charge is 2.15. The number of aromatic nitrogens is 1. The average molecular weight is 404 g/mol. The molecule has 154 valence electrons. The number of amides is 2. The Bertz CT molecular complexity index is 1130. The fourth-order valence-electron chi connectivity index (χ4n) is 3.45. The average Bonchev–Trinajstić information content (AvgIpc) is 3.05. The van der Waals surface area contributed by atoms with Crippen LogP contribution < -0.4 is 10.6 Å². The second kappa shape index (κ2) is 8.41. The van der Waals surface area contributed by atoms with Crippen LogP contribution in [0.3, 0.4) is 0 Å². The second-order valence-corrected chi connectivity index (χ2v) is 7.40. The van der Waals surface area contributed by atoms with Gasteiger partial charge in [0.25, 0.3) is 0 Å². The molecule has 0 fully saturated rings. The third-order valence-electron chi connectivity index (χ3n) is 5.23. The summed E-state index contributed by atoms with van der Waals surface area (Å²) in [4.78, 5) is 30.2. The third kappa shape index (κ3) is 4.20. The molecule has 0 aliphatic carbocycles.